The molecule has 4 nitrogen and oxygen atoms in total. The maximum atomic E-state index is 12.8. The molecule has 56 heavy (non-hydrogen) atoms. The number of hydrogen-bond acceptors (Lipinski definition) is 3. The van der Waals surface area contributed by atoms with E-state index in [4.69, 9.17) is 9.84 Å². The minimum absolute atomic E-state index is 0.0151. The highest BCUT2D eigenvalue weighted by Gasteiger charge is 2.14. The van der Waals surface area contributed by atoms with Gasteiger partial charge in [0.1, 0.15) is 6.10 Å². The lowest BCUT2D eigenvalue weighted by molar-refractivity contribution is -0.150. The van der Waals surface area contributed by atoms with Gasteiger partial charge in [-0.25, -0.2) is 0 Å². The first-order valence-corrected chi connectivity index (χ1v) is 23.9. The molecule has 0 aliphatic rings. The van der Waals surface area contributed by atoms with Gasteiger partial charge in [-0.05, 0) is 109 Å². The van der Waals surface area contributed by atoms with E-state index in [0.29, 0.717) is 6.42 Å². The largest absolute Gasteiger partial charge is 0.481 e. The van der Waals surface area contributed by atoms with Crippen molar-refractivity contribution in [2.75, 3.05) is 0 Å². The highest BCUT2D eigenvalue weighted by molar-refractivity contribution is 5.69. The molecule has 1 N–H and O–H groups in total. The maximum Gasteiger partial charge on any atom is 0.306 e. The fourth-order valence-corrected chi connectivity index (χ4v) is 6.91. The summed E-state index contributed by atoms with van der Waals surface area (Å²) in [5.41, 5.74) is 0. The fourth-order valence-electron chi connectivity index (χ4n) is 6.91. The summed E-state index contributed by atoms with van der Waals surface area (Å²) >= 11 is 0. The van der Waals surface area contributed by atoms with E-state index in [9.17, 15) is 9.59 Å². The van der Waals surface area contributed by atoms with Crippen LogP contribution in [0.15, 0.2) is 72.9 Å². The number of rotatable bonds is 43. The molecule has 0 radical (unpaired) electrons. The van der Waals surface area contributed by atoms with Crippen LogP contribution in [0.4, 0.5) is 0 Å². The zero-order valence-corrected chi connectivity index (χ0v) is 36.9. The second-order valence-electron chi connectivity index (χ2n) is 15.9. The summed E-state index contributed by atoms with van der Waals surface area (Å²) in [5, 5.41) is 8.86. The maximum absolute atomic E-state index is 12.8. The molecule has 322 valence electrons. The molecule has 0 saturated carbocycles. The van der Waals surface area contributed by atoms with Crippen LogP contribution in [0.3, 0.4) is 0 Å². The zero-order valence-electron chi connectivity index (χ0n) is 36.9. The van der Waals surface area contributed by atoms with Gasteiger partial charge in [0.05, 0.1) is 0 Å². The van der Waals surface area contributed by atoms with Gasteiger partial charge in [0.2, 0.25) is 0 Å². The van der Waals surface area contributed by atoms with Crippen molar-refractivity contribution in [2.24, 2.45) is 0 Å². The van der Waals surface area contributed by atoms with Crippen molar-refractivity contribution < 1.29 is 19.4 Å². The molecule has 0 rings (SSSR count). The van der Waals surface area contributed by atoms with Crippen molar-refractivity contribution in [1.82, 2.24) is 0 Å². The molecule has 0 amide bonds. The third kappa shape index (κ3) is 45.8. The van der Waals surface area contributed by atoms with E-state index in [1.54, 1.807) is 0 Å². The van der Waals surface area contributed by atoms with Gasteiger partial charge >= 0.3 is 11.9 Å². The summed E-state index contributed by atoms with van der Waals surface area (Å²) in [6, 6.07) is 0. The normalized spacial score (nSPS) is 12.9. The second kappa shape index (κ2) is 46.8. The third-order valence-electron chi connectivity index (χ3n) is 10.4. The molecule has 0 fully saturated rings. The average Bonchev–Trinajstić information content (AvgIpc) is 3.19. The van der Waals surface area contributed by atoms with E-state index < -0.39 is 5.97 Å². The highest BCUT2D eigenvalue weighted by atomic mass is 16.5. The molecule has 0 heterocycles. The number of ether oxygens (including phenoxy) is 1. The molecule has 4 heteroatoms. The molecule has 0 spiro atoms. The molecule has 0 aromatic rings. The summed E-state index contributed by atoms with van der Waals surface area (Å²) in [4.78, 5) is 23.5. The molecule has 0 aliphatic heterocycles. The van der Waals surface area contributed by atoms with E-state index in [1.165, 1.54) is 109 Å². The Morgan fingerprint density at radius 1 is 0.411 bits per heavy atom. The molecule has 1 unspecified atom stereocenters. The minimum Gasteiger partial charge on any atom is -0.481 e. The summed E-state index contributed by atoms with van der Waals surface area (Å²) in [6.07, 6.45) is 66.5. The number of unbranched alkanes of at least 4 members (excludes halogenated alkanes) is 22. The highest BCUT2D eigenvalue weighted by Crippen LogP contribution is 2.19. The van der Waals surface area contributed by atoms with Gasteiger partial charge in [0.15, 0.2) is 0 Å². The van der Waals surface area contributed by atoms with Crippen LogP contribution in [0.1, 0.15) is 239 Å². The number of allylic oxidation sites excluding steroid dienone is 12. The minimum atomic E-state index is -0.705. The molecular weight excluding hydrogens is 689 g/mol. The summed E-state index contributed by atoms with van der Waals surface area (Å²) in [6.45, 7) is 4.43. The summed E-state index contributed by atoms with van der Waals surface area (Å²) < 4.78 is 6.03. The summed E-state index contributed by atoms with van der Waals surface area (Å²) in [5.74, 6) is -0.720. The van der Waals surface area contributed by atoms with Gasteiger partial charge in [-0.2, -0.15) is 0 Å². The number of carboxylic acids is 1. The van der Waals surface area contributed by atoms with Gasteiger partial charge in [0.25, 0.3) is 0 Å². The lowest BCUT2D eigenvalue weighted by Crippen LogP contribution is -2.18. The standard InChI is InChI=1S/C52H90O4/c1-3-5-7-9-11-13-15-17-19-20-21-22-23-24-25-26-28-30-32-34-36-41-45-49-52(55)56-50(47-43-39-37-40-44-48-51(53)54)46-42-38-35-33-31-29-27-18-16-14-12-10-8-6-4-2/h5,7,11,13,16-19,21-22,29,31,50H,3-4,6,8-10,12,14-15,20,23-28,30,32-49H2,1-2H3,(H,53,54)/b7-5-,13-11-,18-16-,19-17-,22-21-,31-29-. The van der Waals surface area contributed by atoms with Crippen LogP contribution in [-0.4, -0.2) is 23.1 Å². The van der Waals surface area contributed by atoms with E-state index in [2.05, 4.69) is 86.8 Å². The molecular formula is C52H90O4. The van der Waals surface area contributed by atoms with Gasteiger partial charge in [0, 0.05) is 12.8 Å². The Bertz CT molecular complexity index is 1020. The van der Waals surface area contributed by atoms with Crippen molar-refractivity contribution >= 4 is 11.9 Å². The lowest BCUT2D eigenvalue weighted by Gasteiger charge is -2.18. The lowest BCUT2D eigenvalue weighted by atomic mass is 10.0. The predicted octanol–water partition coefficient (Wildman–Crippen LogP) is 17.0. The van der Waals surface area contributed by atoms with Crippen molar-refractivity contribution in [2.45, 2.75) is 245 Å². The van der Waals surface area contributed by atoms with Crippen molar-refractivity contribution in [1.29, 1.82) is 0 Å². The quantitative estimate of drug-likeness (QED) is 0.0380. The number of esters is 1. The Morgan fingerprint density at radius 2 is 0.750 bits per heavy atom. The van der Waals surface area contributed by atoms with Crippen molar-refractivity contribution in [3.8, 4) is 0 Å². The molecule has 0 aromatic heterocycles. The third-order valence-corrected chi connectivity index (χ3v) is 10.4. The topological polar surface area (TPSA) is 63.6 Å². The average molecular weight is 779 g/mol. The molecule has 0 aliphatic carbocycles. The van der Waals surface area contributed by atoms with Crippen LogP contribution < -0.4 is 0 Å². The predicted molar refractivity (Wildman–Crippen MR) is 245 cm³/mol. The number of carbonyl (C=O) groups is 2. The van der Waals surface area contributed by atoms with Crippen LogP contribution >= 0.6 is 0 Å². The van der Waals surface area contributed by atoms with Gasteiger partial charge in [-0.3, -0.25) is 9.59 Å². The molecule has 0 aromatic carbocycles. The smallest absolute Gasteiger partial charge is 0.306 e. The van der Waals surface area contributed by atoms with Crippen LogP contribution in [-0.2, 0) is 14.3 Å². The molecule has 1 atom stereocenters. The van der Waals surface area contributed by atoms with Crippen LogP contribution in [0.25, 0.3) is 0 Å². The number of hydrogen-bond donors (Lipinski definition) is 1. The molecule has 0 saturated heterocycles. The second-order valence-corrected chi connectivity index (χ2v) is 15.9. The van der Waals surface area contributed by atoms with Crippen molar-refractivity contribution in [3.63, 3.8) is 0 Å². The van der Waals surface area contributed by atoms with Gasteiger partial charge < -0.3 is 9.84 Å². The first-order chi connectivity index (χ1) is 27.6. The fraction of sp³-hybridized carbons (Fsp3) is 0.731. The SMILES string of the molecule is CC/C=C\C/C=C\C/C=C\C/C=C\CCCCCCCCCCCCC(=O)OC(CCCCC/C=C\C/C=C\CCCCCCC)CCCCCCCC(=O)O. The Morgan fingerprint density at radius 3 is 1.18 bits per heavy atom. The number of aliphatic carboxylic acids is 1. The Labute approximate surface area is 347 Å². The Kier molecular flexibility index (Phi) is 44.6. The zero-order chi connectivity index (χ0) is 40.7. The van der Waals surface area contributed by atoms with E-state index in [0.717, 1.165) is 103 Å². The van der Waals surface area contributed by atoms with Gasteiger partial charge in [-0.1, -0.05) is 189 Å². The Balaban J connectivity index is 4.01. The first-order valence-electron chi connectivity index (χ1n) is 23.9. The van der Waals surface area contributed by atoms with Crippen LogP contribution in [0.2, 0.25) is 0 Å². The van der Waals surface area contributed by atoms with Gasteiger partial charge in [-0.15, -0.1) is 0 Å². The summed E-state index contributed by atoms with van der Waals surface area (Å²) in [7, 11) is 0. The van der Waals surface area contributed by atoms with E-state index >= 15 is 0 Å². The number of carboxylic acid groups (broad SMARTS) is 1. The van der Waals surface area contributed by atoms with E-state index in [1.807, 2.05) is 0 Å². The number of carbonyl (C=O) groups excluding carboxylic acids is 1. The van der Waals surface area contributed by atoms with Crippen LogP contribution in [0.5, 0.6) is 0 Å². The molecule has 0 bridgehead atoms. The Hall–Kier alpha value is -2.62. The first kappa shape index (κ1) is 53.4. The van der Waals surface area contributed by atoms with Crippen molar-refractivity contribution in [3.05, 3.63) is 72.9 Å². The van der Waals surface area contributed by atoms with Crippen LogP contribution in [0, 0.1) is 0 Å². The monoisotopic (exact) mass is 779 g/mol. The van der Waals surface area contributed by atoms with E-state index in [-0.39, 0.29) is 18.5 Å².